The quantitative estimate of drug-likeness (QED) is 0.853. The fourth-order valence-electron chi connectivity index (χ4n) is 2.36. The molecule has 4 nitrogen and oxygen atoms in total. The van der Waals surface area contributed by atoms with Crippen LogP contribution in [0.4, 0.5) is 5.69 Å². The first-order chi connectivity index (χ1) is 8.36. The minimum absolute atomic E-state index is 0.431. The maximum atomic E-state index is 4.13. The van der Waals surface area contributed by atoms with Crippen LogP contribution in [0.1, 0.15) is 16.6 Å². The molecular weight excluding hydrogens is 232 g/mol. The largest absolute Gasteiger partial charge is 0.358 e. The second kappa shape index (κ2) is 4.50. The van der Waals surface area contributed by atoms with E-state index in [2.05, 4.69) is 44.9 Å². The van der Waals surface area contributed by atoms with Gasteiger partial charge >= 0.3 is 0 Å². The molecule has 1 saturated heterocycles. The molecule has 0 bridgehead atoms. The van der Waals surface area contributed by atoms with Gasteiger partial charge in [0.15, 0.2) is 0 Å². The standard InChI is InChI=1S/C12H16N4S/c1-9-10(8-14-15-9)16-5-4-13-7-11(16)12-3-2-6-17-12/h2-3,6,8,11,13H,4-5,7H2,1H3,(H,14,15). The molecule has 1 fully saturated rings. The van der Waals surface area contributed by atoms with Crippen LogP contribution in [-0.2, 0) is 0 Å². The predicted octanol–water partition coefficient (Wildman–Crippen LogP) is 1.93. The van der Waals surface area contributed by atoms with Crippen molar-refractivity contribution in [2.24, 2.45) is 0 Å². The summed E-state index contributed by atoms with van der Waals surface area (Å²) in [4.78, 5) is 3.86. The summed E-state index contributed by atoms with van der Waals surface area (Å²) in [5.41, 5.74) is 2.37. The van der Waals surface area contributed by atoms with E-state index >= 15 is 0 Å². The van der Waals surface area contributed by atoms with E-state index in [9.17, 15) is 0 Å². The third kappa shape index (κ3) is 1.96. The van der Waals surface area contributed by atoms with Crippen molar-refractivity contribution in [3.8, 4) is 0 Å². The number of aryl methyl sites for hydroxylation is 1. The number of thiophene rings is 1. The van der Waals surface area contributed by atoms with E-state index in [4.69, 9.17) is 0 Å². The van der Waals surface area contributed by atoms with Crippen LogP contribution in [-0.4, -0.2) is 29.8 Å². The van der Waals surface area contributed by atoms with E-state index in [1.54, 1.807) is 0 Å². The highest BCUT2D eigenvalue weighted by Gasteiger charge is 2.26. The molecule has 0 amide bonds. The first-order valence-electron chi connectivity index (χ1n) is 5.87. The van der Waals surface area contributed by atoms with Crippen LogP contribution in [0.25, 0.3) is 0 Å². The van der Waals surface area contributed by atoms with Gasteiger partial charge in [-0.05, 0) is 18.4 Å². The van der Waals surface area contributed by atoms with Gasteiger partial charge in [0.25, 0.3) is 0 Å². The third-order valence-electron chi connectivity index (χ3n) is 3.23. The molecule has 2 N–H and O–H groups in total. The molecule has 1 unspecified atom stereocenters. The lowest BCUT2D eigenvalue weighted by Gasteiger charge is -2.37. The molecule has 3 rings (SSSR count). The van der Waals surface area contributed by atoms with Gasteiger partial charge in [-0.3, -0.25) is 5.10 Å². The van der Waals surface area contributed by atoms with Gasteiger partial charge in [-0.2, -0.15) is 5.10 Å². The number of nitrogens with zero attached hydrogens (tertiary/aromatic N) is 2. The Hall–Kier alpha value is -1.33. The van der Waals surface area contributed by atoms with Crippen LogP contribution < -0.4 is 10.2 Å². The monoisotopic (exact) mass is 248 g/mol. The molecule has 1 atom stereocenters. The van der Waals surface area contributed by atoms with Crippen LogP contribution in [0.5, 0.6) is 0 Å². The van der Waals surface area contributed by atoms with Gasteiger partial charge in [-0.25, -0.2) is 0 Å². The highest BCUT2D eigenvalue weighted by Crippen LogP contribution is 2.31. The van der Waals surface area contributed by atoms with Gasteiger partial charge in [0.1, 0.15) is 0 Å². The highest BCUT2D eigenvalue weighted by atomic mass is 32.1. The Balaban J connectivity index is 1.93. The number of anilines is 1. The van der Waals surface area contributed by atoms with Crippen molar-refractivity contribution in [2.45, 2.75) is 13.0 Å². The van der Waals surface area contributed by atoms with Crippen LogP contribution in [0.2, 0.25) is 0 Å². The summed E-state index contributed by atoms with van der Waals surface area (Å²) in [6.07, 6.45) is 1.93. The predicted molar refractivity (Wildman–Crippen MR) is 70.6 cm³/mol. The van der Waals surface area contributed by atoms with Crippen LogP contribution >= 0.6 is 11.3 Å². The molecule has 3 heterocycles. The second-order valence-electron chi connectivity index (χ2n) is 4.31. The van der Waals surface area contributed by atoms with Gasteiger partial charge in [0.05, 0.1) is 23.6 Å². The lowest BCUT2D eigenvalue weighted by atomic mass is 10.1. The van der Waals surface area contributed by atoms with E-state index in [1.165, 1.54) is 10.6 Å². The molecule has 17 heavy (non-hydrogen) atoms. The van der Waals surface area contributed by atoms with E-state index in [1.807, 2.05) is 17.5 Å². The summed E-state index contributed by atoms with van der Waals surface area (Å²) >= 11 is 1.82. The van der Waals surface area contributed by atoms with Crippen molar-refractivity contribution < 1.29 is 0 Å². The molecule has 0 radical (unpaired) electrons. The number of rotatable bonds is 2. The SMILES string of the molecule is Cc1[nH]ncc1N1CCNCC1c1cccs1. The van der Waals surface area contributed by atoms with E-state index in [-0.39, 0.29) is 0 Å². The Bertz CT molecular complexity index is 476. The van der Waals surface area contributed by atoms with Gasteiger partial charge in [0.2, 0.25) is 0 Å². The fourth-order valence-corrected chi connectivity index (χ4v) is 3.20. The number of aromatic nitrogens is 2. The Morgan fingerprint density at radius 2 is 2.47 bits per heavy atom. The zero-order valence-electron chi connectivity index (χ0n) is 9.81. The van der Waals surface area contributed by atoms with Crippen LogP contribution in [0, 0.1) is 6.92 Å². The second-order valence-corrected chi connectivity index (χ2v) is 5.29. The van der Waals surface area contributed by atoms with E-state index in [0.29, 0.717) is 6.04 Å². The normalized spacial score (nSPS) is 20.8. The molecule has 0 spiro atoms. The first kappa shape index (κ1) is 10.8. The summed E-state index contributed by atoms with van der Waals surface area (Å²) in [5, 5.41) is 12.8. The lowest BCUT2D eigenvalue weighted by molar-refractivity contribution is 0.494. The number of aromatic amines is 1. The Kier molecular flexibility index (Phi) is 2.86. The Morgan fingerprint density at radius 1 is 1.53 bits per heavy atom. The van der Waals surface area contributed by atoms with Crippen molar-refractivity contribution in [1.82, 2.24) is 15.5 Å². The summed E-state index contributed by atoms with van der Waals surface area (Å²) < 4.78 is 0. The van der Waals surface area contributed by atoms with Crippen LogP contribution in [0.3, 0.4) is 0 Å². The Labute approximate surface area is 105 Å². The third-order valence-corrected chi connectivity index (χ3v) is 4.20. The zero-order chi connectivity index (χ0) is 11.7. The maximum Gasteiger partial charge on any atom is 0.0785 e. The van der Waals surface area contributed by atoms with E-state index in [0.717, 1.165) is 25.3 Å². The summed E-state index contributed by atoms with van der Waals surface area (Å²) in [6, 6.07) is 4.76. The average molecular weight is 248 g/mol. The fraction of sp³-hybridized carbons (Fsp3) is 0.417. The smallest absolute Gasteiger partial charge is 0.0785 e. The molecule has 2 aromatic rings. The van der Waals surface area contributed by atoms with Gasteiger partial charge in [-0.15, -0.1) is 11.3 Å². The number of piperazine rings is 1. The molecule has 90 valence electrons. The number of hydrogen-bond acceptors (Lipinski definition) is 4. The maximum absolute atomic E-state index is 4.13. The van der Waals surface area contributed by atoms with Crippen molar-refractivity contribution >= 4 is 17.0 Å². The summed E-state index contributed by atoms with van der Waals surface area (Å²) in [6.45, 7) is 5.15. The molecule has 1 aliphatic rings. The molecule has 0 saturated carbocycles. The van der Waals surface area contributed by atoms with Crippen molar-refractivity contribution in [1.29, 1.82) is 0 Å². The summed E-state index contributed by atoms with van der Waals surface area (Å²) in [5.74, 6) is 0. The lowest BCUT2D eigenvalue weighted by Crippen LogP contribution is -2.46. The van der Waals surface area contributed by atoms with Crippen molar-refractivity contribution in [2.75, 3.05) is 24.5 Å². The number of H-pyrrole nitrogens is 1. The topological polar surface area (TPSA) is 44.0 Å². The molecule has 0 aliphatic carbocycles. The molecule has 2 aromatic heterocycles. The van der Waals surface area contributed by atoms with Gasteiger partial charge in [-0.1, -0.05) is 6.07 Å². The molecule has 5 heteroatoms. The van der Waals surface area contributed by atoms with Gasteiger partial charge < -0.3 is 10.2 Å². The zero-order valence-corrected chi connectivity index (χ0v) is 10.6. The van der Waals surface area contributed by atoms with Crippen molar-refractivity contribution in [3.63, 3.8) is 0 Å². The summed E-state index contributed by atoms with van der Waals surface area (Å²) in [7, 11) is 0. The molecule has 1 aliphatic heterocycles. The number of nitrogens with one attached hydrogen (secondary N) is 2. The molecular formula is C12H16N4S. The van der Waals surface area contributed by atoms with Crippen molar-refractivity contribution in [3.05, 3.63) is 34.3 Å². The average Bonchev–Trinajstić information content (AvgIpc) is 3.00. The van der Waals surface area contributed by atoms with E-state index < -0.39 is 0 Å². The first-order valence-corrected chi connectivity index (χ1v) is 6.75. The van der Waals surface area contributed by atoms with Gasteiger partial charge in [0, 0.05) is 24.5 Å². The molecule has 0 aromatic carbocycles. The minimum atomic E-state index is 0.431. The Morgan fingerprint density at radius 3 is 3.18 bits per heavy atom. The minimum Gasteiger partial charge on any atom is -0.358 e. The number of hydrogen-bond donors (Lipinski definition) is 2. The van der Waals surface area contributed by atoms with Crippen LogP contribution in [0.15, 0.2) is 23.7 Å². The highest BCUT2D eigenvalue weighted by molar-refractivity contribution is 7.10.